The summed E-state index contributed by atoms with van der Waals surface area (Å²) >= 11 is 0. The maximum Gasteiger partial charge on any atom is 0.308 e. The fourth-order valence-electron chi connectivity index (χ4n) is 2.29. The molecule has 1 fully saturated rings. The second-order valence-electron chi connectivity index (χ2n) is 5.57. The van der Waals surface area contributed by atoms with Crippen molar-refractivity contribution < 1.29 is 19.5 Å². The first-order valence-electron chi connectivity index (χ1n) is 7.35. The molecule has 1 aliphatic rings. The highest BCUT2D eigenvalue weighted by Crippen LogP contribution is 2.14. The van der Waals surface area contributed by atoms with Gasteiger partial charge in [-0.25, -0.2) is 0 Å². The summed E-state index contributed by atoms with van der Waals surface area (Å²) in [5.41, 5.74) is 1.46. The molecule has 0 unspecified atom stereocenters. The summed E-state index contributed by atoms with van der Waals surface area (Å²) in [7, 11) is 0. The maximum atomic E-state index is 11.9. The van der Waals surface area contributed by atoms with Crippen molar-refractivity contribution in [3.63, 3.8) is 0 Å². The molecule has 2 amide bonds. The minimum Gasteiger partial charge on any atom is -0.481 e. The molecule has 22 heavy (non-hydrogen) atoms. The zero-order valence-corrected chi connectivity index (χ0v) is 12.5. The smallest absolute Gasteiger partial charge is 0.308 e. The highest BCUT2D eigenvalue weighted by Gasteiger charge is 2.20. The molecule has 0 radical (unpaired) electrons. The number of hydrogen-bond donors (Lipinski definition) is 2. The molecule has 0 saturated carbocycles. The predicted molar refractivity (Wildman–Crippen MR) is 80.2 cm³/mol. The predicted octanol–water partition coefficient (Wildman–Crippen LogP) is 1.26. The summed E-state index contributed by atoms with van der Waals surface area (Å²) in [5.74, 6) is -1.68. The molecule has 1 aromatic rings. The molecule has 1 saturated heterocycles. The van der Waals surface area contributed by atoms with Crippen LogP contribution in [0.5, 0.6) is 0 Å². The minimum atomic E-state index is -0.939. The molecule has 6 nitrogen and oxygen atoms in total. The van der Waals surface area contributed by atoms with Crippen LogP contribution in [0.4, 0.5) is 0 Å². The molecule has 1 aromatic carbocycles. The van der Waals surface area contributed by atoms with Gasteiger partial charge in [0.1, 0.15) is 0 Å². The number of carbonyl (C=O) groups excluding carboxylic acids is 2. The van der Waals surface area contributed by atoms with E-state index in [0.29, 0.717) is 18.5 Å². The largest absolute Gasteiger partial charge is 0.481 e. The van der Waals surface area contributed by atoms with Crippen LogP contribution in [-0.2, 0) is 16.1 Å². The van der Waals surface area contributed by atoms with Crippen molar-refractivity contribution in [2.45, 2.75) is 26.3 Å². The molecule has 1 aliphatic heterocycles. The zero-order chi connectivity index (χ0) is 16.1. The van der Waals surface area contributed by atoms with E-state index in [9.17, 15) is 14.4 Å². The standard InChI is InChI=1S/C16H20N2O4/c1-11(16(21)22)9-17-15(20)13-6-4-12(5-7-13)10-18-8-2-3-14(18)19/h4-7,11H,2-3,8-10H2,1H3,(H,17,20)(H,21,22)/t11-/m0/s1. The van der Waals surface area contributed by atoms with Gasteiger partial charge in [-0.3, -0.25) is 14.4 Å². The quantitative estimate of drug-likeness (QED) is 0.828. The van der Waals surface area contributed by atoms with Crippen LogP contribution in [0.3, 0.4) is 0 Å². The second-order valence-corrected chi connectivity index (χ2v) is 5.57. The average Bonchev–Trinajstić information content (AvgIpc) is 2.90. The van der Waals surface area contributed by atoms with Crippen LogP contribution in [0, 0.1) is 5.92 Å². The normalized spacial score (nSPS) is 15.7. The van der Waals surface area contributed by atoms with Crippen molar-refractivity contribution in [3.8, 4) is 0 Å². The summed E-state index contributed by atoms with van der Waals surface area (Å²) in [6.07, 6.45) is 1.52. The van der Waals surface area contributed by atoms with E-state index in [0.717, 1.165) is 18.5 Å². The van der Waals surface area contributed by atoms with Crippen LogP contribution in [0.15, 0.2) is 24.3 Å². The number of aliphatic carboxylic acids is 1. The number of amides is 2. The van der Waals surface area contributed by atoms with Crippen molar-refractivity contribution in [2.24, 2.45) is 5.92 Å². The Morgan fingerprint density at radius 2 is 2.00 bits per heavy atom. The van der Waals surface area contributed by atoms with Gasteiger partial charge in [0, 0.05) is 31.6 Å². The molecular formula is C16H20N2O4. The fourth-order valence-corrected chi connectivity index (χ4v) is 2.29. The monoisotopic (exact) mass is 304 g/mol. The van der Waals surface area contributed by atoms with Gasteiger partial charge < -0.3 is 15.3 Å². The van der Waals surface area contributed by atoms with E-state index >= 15 is 0 Å². The minimum absolute atomic E-state index is 0.0954. The number of likely N-dealkylation sites (tertiary alicyclic amines) is 1. The van der Waals surface area contributed by atoms with Gasteiger partial charge in [-0.05, 0) is 24.1 Å². The first-order valence-corrected chi connectivity index (χ1v) is 7.35. The Kier molecular flexibility index (Phi) is 5.14. The van der Waals surface area contributed by atoms with E-state index in [2.05, 4.69) is 5.32 Å². The van der Waals surface area contributed by atoms with Crippen LogP contribution >= 0.6 is 0 Å². The second kappa shape index (κ2) is 7.06. The van der Waals surface area contributed by atoms with Crippen LogP contribution in [0.2, 0.25) is 0 Å². The highest BCUT2D eigenvalue weighted by atomic mass is 16.4. The number of nitrogens with zero attached hydrogens (tertiary/aromatic N) is 1. The fraction of sp³-hybridized carbons (Fsp3) is 0.438. The average molecular weight is 304 g/mol. The molecule has 2 N–H and O–H groups in total. The van der Waals surface area contributed by atoms with E-state index in [1.165, 1.54) is 0 Å². The lowest BCUT2D eigenvalue weighted by molar-refractivity contribution is -0.140. The summed E-state index contributed by atoms with van der Waals surface area (Å²) in [6.45, 7) is 2.99. The van der Waals surface area contributed by atoms with Crippen molar-refractivity contribution in [1.29, 1.82) is 0 Å². The van der Waals surface area contributed by atoms with Gasteiger partial charge in [0.15, 0.2) is 0 Å². The third-order valence-corrected chi connectivity index (χ3v) is 3.75. The van der Waals surface area contributed by atoms with Crippen molar-refractivity contribution in [2.75, 3.05) is 13.1 Å². The summed E-state index contributed by atoms with van der Waals surface area (Å²) in [5, 5.41) is 11.4. The lowest BCUT2D eigenvalue weighted by atomic mass is 10.1. The first-order chi connectivity index (χ1) is 10.5. The molecule has 118 valence electrons. The Balaban J connectivity index is 1.89. The number of carboxylic acid groups (broad SMARTS) is 1. The van der Waals surface area contributed by atoms with Gasteiger partial charge in [0.05, 0.1) is 5.92 Å². The highest BCUT2D eigenvalue weighted by molar-refractivity contribution is 5.94. The molecule has 0 aromatic heterocycles. The van der Waals surface area contributed by atoms with E-state index in [1.54, 1.807) is 19.1 Å². The lowest BCUT2D eigenvalue weighted by Crippen LogP contribution is -2.31. The number of benzene rings is 1. The Labute approximate surface area is 129 Å². The third-order valence-electron chi connectivity index (χ3n) is 3.75. The number of hydrogen-bond acceptors (Lipinski definition) is 3. The Hall–Kier alpha value is -2.37. The van der Waals surface area contributed by atoms with E-state index in [1.807, 2.05) is 17.0 Å². The van der Waals surface area contributed by atoms with Crippen molar-refractivity contribution in [3.05, 3.63) is 35.4 Å². The van der Waals surface area contributed by atoms with Crippen LogP contribution in [0.1, 0.15) is 35.7 Å². The number of carbonyl (C=O) groups is 3. The molecule has 1 atom stereocenters. The van der Waals surface area contributed by atoms with Gasteiger partial charge in [0.25, 0.3) is 5.91 Å². The molecule has 1 heterocycles. The van der Waals surface area contributed by atoms with Gasteiger partial charge in [-0.1, -0.05) is 19.1 Å². The topological polar surface area (TPSA) is 86.7 Å². The van der Waals surface area contributed by atoms with E-state index < -0.39 is 11.9 Å². The zero-order valence-electron chi connectivity index (χ0n) is 12.5. The molecule has 6 heteroatoms. The van der Waals surface area contributed by atoms with Crippen molar-refractivity contribution in [1.82, 2.24) is 10.2 Å². The van der Waals surface area contributed by atoms with E-state index in [4.69, 9.17) is 5.11 Å². The SMILES string of the molecule is C[C@@H](CNC(=O)c1ccc(CN2CCCC2=O)cc1)C(=O)O. The van der Waals surface area contributed by atoms with Crippen LogP contribution < -0.4 is 5.32 Å². The first kappa shape index (κ1) is 16.0. The Morgan fingerprint density at radius 3 is 2.55 bits per heavy atom. The summed E-state index contributed by atoms with van der Waals surface area (Å²) in [4.78, 5) is 36.0. The van der Waals surface area contributed by atoms with Crippen molar-refractivity contribution >= 4 is 17.8 Å². The molecule has 0 bridgehead atoms. The molecular weight excluding hydrogens is 284 g/mol. The number of carboxylic acids is 1. The number of nitrogens with one attached hydrogen (secondary N) is 1. The molecule has 0 spiro atoms. The Morgan fingerprint density at radius 1 is 1.32 bits per heavy atom. The molecule has 2 rings (SSSR count). The lowest BCUT2D eigenvalue weighted by Gasteiger charge is -2.15. The Bertz CT molecular complexity index is 568. The maximum absolute atomic E-state index is 11.9. The van der Waals surface area contributed by atoms with Gasteiger partial charge in [0.2, 0.25) is 5.91 Å². The van der Waals surface area contributed by atoms with Crippen LogP contribution in [-0.4, -0.2) is 40.9 Å². The van der Waals surface area contributed by atoms with E-state index in [-0.39, 0.29) is 18.4 Å². The molecule has 0 aliphatic carbocycles. The van der Waals surface area contributed by atoms with Gasteiger partial charge in [-0.2, -0.15) is 0 Å². The summed E-state index contributed by atoms with van der Waals surface area (Å²) < 4.78 is 0. The van der Waals surface area contributed by atoms with Gasteiger partial charge >= 0.3 is 5.97 Å². The number of rotatable bonds is 6. The third kappa shape index (κ3) is 4.07. The summed E-state index contributed by atoms with van der Waals surface area (Å²) in [6, 6.07) is 7.02. The van der Waals surface area contributed by atoms with Crippen LogP contribution in [0.25, 0.3) is 0 Å². The van der Waals surface area contributed by atoms with Gasteiger partial charge in [-0.15, -0.1) is 0 Å².